The van der Waals surface area contributed by atoms with Gasteiger partial charge in [-0.1, -0.05) is 23.7 Å². The van der Waals surface area contributed by atoms with Gasteiger partial charge in [-0.05, 0) is 54.8 Å². The quantitative estimate of drug-likeness (QED) is 0.373. The second-order valence-electron chi connectivity index (χ2n) is 8.41. The van der Waals surface area contributed by atoms with Crippen LogP contribution in [0.4, 0.5) is 24.5 Å². The molecule has 2 heterocycles. The van der Waals surface area contributed by atoms with Crippen LogP contribution in [0.3, 0.4) is 0 Å². The van der Waals surface area contributed by atoms with Crippen molar-refractivity contribution < 1.29 is 22.8 Å². The first-order valence-corrected chi connectivity index (χ1v) is 11.5. The van der Waals surface area contributed by atoms with E-state index in [9.17, 15) is 22.8 Å². The van der Waals surface area contributed by atoms with Gasteiger partial charge < -0.3 is 15.1 Å². The molecule has 1 saturated heterocycles. The number of amides is 2. The van der Waals surface area contributed by atoms with E-state index in [1.807, 2.05) is 24.3 Å². The minimum Gasteiger partial charge on any atom is -0.386 e. The number of carbonyl (C=O) groups excluding carboxylic acids is 2. The topological polar surface area (TPSA) is 65.5 Å². The Balaban J connectivity index is 1.46. The lowest BCUT2D eigenvalue weighted by Gasteiger charge is -2.38. The lowest BCUT2D eigenvalue weighted by molar-refractivity contribution is -0.137. The minimum absolute atomic E-state index is 0.0750. The van der Waals surface area contributed by atoms with Gasteiger partial charge in [0.1, 0.15) is 5.15 Å². The average molecular weight is 505 g/mol. The number of aromatic nitrogens is 1. The van der Waals surface area contributed by atoms with Crippen molar-refractivity contribution in [2.24, 2.45) is 0 Å². The number of hydrogen-bond donors (Lipinski definition) is 1. The molecule has 2 amide bonds. The van der Waals surface area contributed by atoms with Crippen LogP contribution in [-0.4, -0.2) is 48.4 Å². The van der Waals surface area contributed by atoms with Crippen molar-refractivity contribution >= 4 is 46.2 Å². The number of halogens is 4. The monoisotopic (exact) mass is 504 g/mol. The number of alkyl halides is 3. The summed E-state index contributed by atoms with van der Waals surface area (Å²) >= 11 is 5.92. The fourth-order valence-corrected chi connectivity index (χ4v) is 4.67. The molecule has 2 aromatic carbocycles. The summed E-state index contributed by atoms with van der Waals surface area (Å²) in [6.45, 7) is 0.698. The number of hydrogen-bond acceptors (Lipinski definition) is 4. The smallest absolute Gasteiger partial charge is 0.386 e. The zero-order valence-corrected chi connectivity index (χ0v) is 19.7. The Hall–Kier alpha value is -3.33. The number of fused-ring (bicyclic) bond motifs is 1. The van der Waals surface area contributed by atoms with Crippen LogP contribution in [0.1, 0.15) is 24.0 Å². The lowest BCUT2D eigenvalue weighted by Crippen LogP contribution is -2.47. The Morgan fingerprint density at radius 1 is 1.20 bits per heavy atom. The first-order chi connectivity index (χ1) is 16.7. The third-order valence-corrected chi connectivity index (χ3v) is 6.48. The van der Waals surface area contributed by atoms with Crippen molar-refractivity contribution in [2.45, 2.75) is 31.5 Å². The van der Waals surface area contributed by atoms with E-state index < -0.39 is 17.8 Å². The molecule has 0 atom stereocenters. The predicted octanol–water partition coefficient (Wildman–Crippen LogP) is 5.15. The van der Waals surface area contributed by atoms with E-state index >= 15 is 0 Å². The fraction of sp³-hybridized carbons (Fsp3) is 0.320. The van der Waals surface area contributed by atoms with E-state index in [0.717, 1.165) is 27.4 Å². The van der Waals surface area contributed by atoms with Gasteiger partial charge in [0.2, 0.25) is 12.3 Å². The number of pyridine rings is 1. The maximum absolute atomic E-state index is 13.7. The molecule has 10 heteroatoms. The van der Waals surface area contributed by atoms with Gasteiger partial charge in [0.05, 0.1) is 28.9 Å². The normalized spacial score (nSPS) is 14.7. The molecule has 184 valence electrons. The van der Waals surface area contributed by atoms with E-state index in [0.29, 0.717) is 37.5 Å². The molecule has 1 aliphatic rings. The zero-order chi connectivity index (χ0) is 25.2. The molecule has 1 N–H and O–H groups in total. The van der Waals surface area contributed by atoms with E-state index in [4.69, 9.17) is 11.6 Å². The average Bonchev–Trinajstić information content (AvgIpc) is 2.84. The second-order valence-corrected chi connectivity index (χ2v) is 8.80. The van der Waals surface area contributed by atoms with Gasteiger partial charge in [-0.2, -0.15) is 13.2 Å². The molecule has 1 fully saturated rings. The van der Waals surface area contributed by atoms with Gasteiger partial charge in [-0.25, -0.2) is 4.98 Å². The second kappa shape index (κ2) is 10.1. The number of piperidine rings is 1. The Morgan fingerprint density at radius 3 is 2.60 bits per heavy atom. The SMILES string of the molecule is CNc1cccc(C(F)(F)F)c1N(C=O)C1CCN(C(=O)Cc2ccc3nc(Cl)ccc3c2)CC1. The van der Waals surface area contributed by atoms with Crippen LogP contribution in [0.25, 0.3) is 10.9 Å². The molecule has 6 nitrogen and oxygen atoms in total. The lowest BCUT2D eigenvalue weighted by atomic mass is 9.99. The van der Waals surface area contributed by atoms with Crippen LogP contribution in [0.2, 0.25) is 5.15 Å². The predicted molar refractivity (Wildman–Crippen MR) is 130 cm³/mol. The van der Waals surface area contributed by atoms with Crippen LogP contribution < -0.4 is 10.2 Å². The summed E-state index contributed by atoms with van der Waals surface area (Å²) in [4.78, 5) is 32.0. The number of para-hydroxylation sites is 1. The largest absolute Gasteiger partial charge is 0.418 e. The standard InChI is InChI=1S/C25H24ClF3N4O2/c1-30-21-4-2-3-19(25(27,28)29)24(21)33(15-34)18-9-11-32(12-10-18)23(35)14-16-5-7-20-17(13-16)6-8-22(26)31-20/h2-8,13,15,18,30H,9-12,14H2,1H3. The number of nitrogens with zero attached hydrogens (tertiary/aromatic N) is 3. The van der Waals surface area contributed by atoms with Gasteiger partial charge in [0, 0.05) is 31.6 Å². The number of rotatable bonds is 6. The van der Waals surface area contributed by atoms with Crippen molar-refractivity contribution in [2.75, 3.05) is 30.4 Å². The molecule has 0 saturated carbocycles. The molecule has 0 unspecified atom stereocenters. The summed E-state index contributed by atoms with van der Waals surface area (Å²) in [6.07, 6.45) is -3.22. The minimum atomic E-state index is -4.61. The summed E-state index contributed by atoms with van der Waals surface area (Å²) in [6, 6.07) is 12.4. The van der Waals surface area contributed by atoms with Crippen molar-refractivity contribution in [3.8, 4) is 0 Å². The molecule has 1 aliphatic heterocycles. The summed E-state index contributed by atoms with van der Waals surface area (Å²) < 4.78 is 41.1. The highest BCUT2D eigenvalue weighted by Gasteiger charge is 2.38. The molecule has 1 aromatic heterocycles. The van der Waals surface area contributed by atoms with Crippen molar-refractivity contribution in [1.29, 1.82) is 0 Å². The summed E-state index contributed by atoms with van der Waals surface area (Å²) in [5.41, 5.74) is 0.733. The van der Waals surface area contributed by atoms with Gasteiger partial charge in [-0.3, -0.25) is 9.59 Å². The number of benzene rings is 2. The summed E-state index contributed by atoms with van der Waals surface area (Å²) in [5, 5.41) is 4.03. The highest BCUT2D eigenvalue weighted by Crippen LogP contribution is 2.42. The first-order valence-electron chi connectivity index (χ1n) is 11.2. The molecule has 0 bridgehead atoms. The Morgan fingerprint density at radius 2 is 1.94 bits per heavy atom. The van der Waals surface area contributed by atoms with Crippen LogP contribution in [0.5, 0.6) is 0 Å². The molecule has 0 radical (unpaired) electrons. The highest BCUT2D eigenvalue weighted by atomic mass is 35.5. The Bertz CT molecular complexity index is 1240. The maximum Gasteiger partial charge on any atom is 0.418 e. The van der Waals surface area contributed by atoms with Gasteiger partial charge in [-0.15, -0.1) is 0 Å². The van der Waals surface area contributed by atoms with Crippen molar-refractivity contribution in [1.82, 2.24) is 9.88 Å². The van der Waals surface area contributed by atoms with Crippen LogP contribution >= 0.6 is 11.6 Å². The van der Waals surface area contributed by atoms with Crippen molar-refractivity contribution in [3.63, 3.8) is 0 Å². The van der Waals surface area contributed by atoms with Gasteiger partial charge in [0.15, 0.2) is 0 Å². The summed E-state index contributed by atoms with van der Waals surface area (Å²) in [5.74, 6) is -0.0750. The molecule has 0 aliphatic carbocycles. The van der Waals surface area contributed by atoms with Crippen LogP contribution in [-0.2, 0) is 22.2 Å². The van der Waals surface area contributed by atoms with Crippen LogP contribution in [0, 0.1) is 0 Å². The Labute approximate surface area is 205 Å². The van der Waals surface area contributed by atoms with Crippen molar-refractivity contribution in [3.05, 3.63) is 64.8 Å². The molecule has 3 aromatic rings. The van der Waals surface area contributed by atoms with Gasteiger partial charge in [0.25, 0.3) is 0 Å². The van der Waals surface area contributed by atoms with E-state index in [1.165, 1.54) is 19.2 Å². The molecule has 4 rings (SSSR count). The number of carbonyl (C=O) groups is 2. The third-order valence-electron chi connectivity index (χ3n) is 6.27. The molecular formula is C25H24ClF3N4O2. The summed E-state index contributed by atoms with van der Waals surface area (Å²) in [7, 11) is 1.51. The van der Waals surface area contributed by atoms with Crippen LogP contribution in [0.15, 0.2) is 48.5 Å². The maximum atomic E-state index is 13.7. The highest BCUT2D eigenvalue weighted by molar-refractivity contribution is 6.29. The molecule has 35 heavy (non-hydrogen) atoms. The van der Waals surface area contributed by atoms with E-state index in [-0.39, 0.29) is 23.7 Å². The van der Waals surface area contributed by atoms with E-state index in [1.54, 1.807) is 11.0 Å². The molecule has 0 spiro atoms. The fourth-order valence-electron chi connectivity index (χ4n) is 4.51. The Kier molecular flexibility index (Phi) is 7.16. The molecular weight excluding hydrogens is 481 g/mol. The number of anilines is 2. The van der Waals surface area contributed by atoms with E-state index in [2.05, 4.69) is 10.3 Å². The number of likely N-dealkylation sites (tertiary alicyclic amines) is 1. The first kappa shape index (κ1) is 24.8. The zero-order valence-electron chi connectivity index (χ0n) is 19.0. The van der Waals surface area contributed by atoms with Gasteiger partial charge >= 0.3 is 6.18 Å². The third kappa shape index (κ3) is 5.35. The number of nitrogens with one attached hydrogen (secondary N) is 1.